The number of nitrogens with zero attached hydrogens (tertiary/aromatic N) is 2. The number of thiazole rings is 1. The Balaban J connectivity index is 2.27. The molecule has 0 aliphatic carbocycles. The van der Waals surface area contributed by atoms with E-state index in [2.05, 4.69) is 11.6 Å². The van der Waals surface area contributed by atoms with Gasteiger partial charge in [-0.3, -0.25) is 4.79 Å². The Labute approximate surface area is 140 Å². The molecule has 0 bridgehead atoms. The molecule has 0 unspecified atom stereocenters. The molecule has 122 valence electrons. The van der Waals surface area contributed by atoms with Crippen molar-refractivity contribution in [1.29, 1.82) is 0 Å². The van der Waals surface area contributed by atoms with Crippen molar-refractivity contribution < 1.29 is 14.3 Å². The second-order valence-corrected chi connectivity index (χ2v) is 5.68. The van der Waals surface area contributed by atoms with Gasteiger partial charge in [0.1, 0.15) is 17.3 Å². The van der Waals surface area contributed by atoms with Gasteiger partial charge in [0.25, 0.3) is 5.91 Å². The van der Waals surface area contributed by atoms with Gasteiger partial charge in [0, 0.05) is 24.5 Å². The number of benzene rings is 1. The van der Waals surface area contributed by atoms with Crippen molar-refractivity contribution in [1.82, 2.24) is 9.88 Å². The highest BCUT2D eigenvalue weighted by atomic mass is 32.1. The molecule has 0 saturated heterocycles. The van der Waals surface area contributed by atoms with Crippen molar-refractivity contribution in [3.8, 4) is 22.1 Å². The van der Waals surface area contributed by atoms with Gasteiger partial charge in [0.05, 0.1) is 7.11 Å². The summed E-state index contributed by atoms with van der Waals surface area (Å²) in [5.41, 5.74) is 1.34. The minimum atomic E-state index is -0.0760. The van der Waals surface area contributed by atoms with Gasteiger partial charge in [-0.25, -0.2) is 4.98 Å². The lowest BCUT2D eigenvalue weighted by molar-refractivity contribution is 0.0797. The number of aromatic nitrogens is 1. The summed E-state index contributed by atoms with van der Waals surface area (Å²) in [6.45, 7) is 6.61. The Morgan fingerprint density at radius 1 is 1.43 bits per heavy atom. The predicted molar refractivity (Wildman–Crippen MR) is 92.4 cm³/mol. The van der Waals surface area contributed by atoms with Gasteiger partial charge >= 0.3 is 0 Å². The van der Waals surface area contributed by atoms with Crippen molar-refractivity contribution in [3.05, 3.63) is 41.9 Å². The third kappa shape index (κ3) is 3.90. The van der Waals surface area contributed by atoms with Gasteiger partial charge in [-0.2, -0.15) is 0 Å². The first kappa shape index (κ1) is 17.0. The third-order valence-corrected chi connectivity index (χ3v) is 4.20. The second kappa shape index (κ2) is 7.78. The van der Waals surface area contributed by atoms with Gasteiger partial charge in [0.2, 0.25) is 0 Å². The topological polar surface area (TPSA) is 51.7 Å². The number of methoxy groups -OCH3 is 1. The zero-order chi connectivity index (χ0) is 16.8. The monoisotopic (exact) mass is 332 g/mol. The summed E-state index contributed by atoms with van der Waals surface area (Å²) < 4.78 is 10.9. The van der Waals surface area contributed by atoms with Crippen LogP contribution in [0.1, 0.15) is 17.4 Å². The van der Waals surface area contributed by atoms with Crippen LogP contribution in [0.25, 0.3) is 10.6 Å². The van der Waals surface area contributed by atoms with Crippen molar-refractivity contribution in [2.24, 2.45) is 0 Å². The molecule has 1 heterocycles. The largest absolute Gasteiger partial charge is 0.493 e. The Hall–Kier alpha value is -2.34. The molecule has 1 amide bonds. The summed E-state index contributed by atoms with van der Waals surface area (Å²) in [6.07, 6.45) is 1.68. The average molecular weight is 332 g/mol. The molecule has 23 heavy (non-hydrogen) atoms. The van der Waals surface area contributed by atoms with E-state index in [0.29, 0.717) is 30.3 Å². The first-order valence-electron chi connectivity index (χ1n) is 7.23. The highest BCUT2D eigenvalue weighted by molar-refractivity contribution is 7.13. The maximum absolute atomic E-state index is 12.1. The fourth-order valence-electron chi connectivity index (χ4n) is 1.91. The molecule has 0 radical (unpaired) electrons. The summed E-state index contributed by atoms with van der Waals surface area (Å²) in [5.74, 6) is 1.20. The lowest BCUT2D eigenvalue weighted by Crippen LogP contribution is -2.26. The van der Waals surface area contributed by atoms with E-state index < -0.39 is 0 Å². The fraction of sp³-hybridized carbons (Fsp3) is 0.294. The molecule has 2 aromatic rings. The van der Waals surface area contributed by atoms with Crippen LogP contribution < -0.4 is 9.47 Å². The van der Waals surface area contributed by atoms with Crippen LogP contribution in [-0.4, -0.2) is 43.1 Å². The van der Waals surface area contributed by atoms with E-state index in [1.54, 1.807) is 30.5 Å². The minimum Gasteiger partial charge on any atom is -0.493 e. The van der Waals surface area contributed by atoms with E-state index in [0.717, 1.165) is 10.6 Å². The molecule has 1 aromatic heterocycles. The zero-order valence-corrected chi connectivity index (χ0v) is 14.4. The number of hydrogen-bond donors (Lipinski definition) is 0. The summed E-state index contributed by atoms with van der Waals surface area (Å²) in [5, 5.41) is 2.55. The van der Waals surface area contributed by atoms with Crippen LogP contribution >= 0.6 is 11.3 Å². The molecule has 5 nitrogen and oxygen atoms in total. The van der Waals surface area contributed by atoms with E-state index in [1.807, 2.05) is 25.1 Å². The SMILES string of the molecule is C=CCOc1ccc(-c2nc(C(=O)N(C)CC)cs2)cc1OC. The number of ether oxygens (including phenoxy) is 2. The molecule has 0 atom stereocenters. The minimum absolute atomic E-state index is 0.0760. The van der Waals surface area contributed by atoms with Crippen LogP contribution in [-0.2, 0) is 0 Å². The van der Waals surface area contributed by atoms with Crippen molar-refractivity contribution >= 4 is 17.2 Å². The normalized spacial score (nSPS) is 10.2. The Kier molecular flexibility index (Phi) is 5.76. The Bertz CT molecular complexity index is 697. The van der Waals surface area contributed by atoms with Crippen molar-refractivity contribution in [2.75, 3.05) is 27.3 Å². The van der Waals surface area contributed by atoms with Gasteiger partial charge in [-0.05, 0) is 25.1 Å². The van der Waals surface area contributed by atoms with E-state index in [9.17, 15) is 4.79 Å². The Morgan fingerprint density at radius 2 is 2.22 bits per heavy atom. The number of carbonyl (C=O) groups is 1. The van der Waals surface area contributed by atoms with E-state index in [1.165, 1.54) is 11.3 Å². The molecule has 6 heteroatoms. The zero-order valence-electron chi connectivity index (χ0n) is 13.5. The number of rotatable bonds is 7. The highest BCUT2D eigenvalue weighted by Crippen LogP contribution is 2.33. The van der Waals surface area contributed by atoms with Gasteiger partial charge < -0.3 is 14.4 Å². The lowest BCUT2D eigenvalue weighted by atomic mass is 10.2. The third-order valence-electron chi connectivity index (χ3n) is 3.31. The molecule has 0 saturated carbocycles. The molecule has 0 aliphatic rings. The van der Waals surface area contributed by atoms with Crippen molar-refractivity contribution in [2.45, 2.75) is 6.92 Å². The quantitative estimate of drug-likeness (QED) is 0.729. The molecule has 2 rings (SSSR count). The Morgan fingerprint density at radius 3 is 2.87 bits per heavy atom. The van der Waals surface area contributed by atoms with Crippen LogP contribution in [0.4, 0.5) is 0 Å². The van der Waals surface area contributed by atoms with Gasteiger partial charge in [-0.1, -0.05) is 12.7 Å². The van der Waals surface area contributed by atoms with Crippen LogP contribution in [0, 0.1) is 0 Å². The fourth-order valence-corrected chi connectivity index (χ4v) is 2.70. The smallest absolute Gasteiger partial charge is 0.273 e. The van der Waals surface area contributed by atoms with Gasteiger partial charge in [0.15, 0.2) is 11.5 Å². The molecule has 0 spiro atoms. The summed E-state index contributed by atoms with van der Waals surface area (Å²) >= 11 is 1.43. The first-order chi connectivity index (χ1) is 11.1. The highest BCUT2D eigenvalue weighted by Gasteiger charge is 2.16. The first-order valence-corrected chi connectivity index (χ1v) is 8.11. The number of hydrogen-bond acceptors (Lipinski definition) is 5. The van der Waals surface area contributed by atoms with E-state index in [4.69, 9.17) is 9.47 Å². The van der Waals surface area contributed by atoms with E-state index >= 15 is 0 Å². The maximum atomic E-state index is 12.1. The average Bonchev–Trinajstić information content (AvgIpc) is 3.08. The summed E-state index contributed by atoms with van der Waals surface area (Å²) in [4.78, 5) is 18.2. The van der Waals surface area contributed by atoms with Crippen LogP contribution in [0.15, 0.2) is 36.2 Å². The van der Waals surface area contributed by atoms with Gasteiger partial charge in [-0.15, -0.1) is 11.3 Å². The van der Waals surface area contributed by atoms with E-state index in [-0.39, 0.29) is 5.91 Å². The predicted octanol–water partition coefficient (Wildman–Crippen LogP) is 3.48. The molecule has 0 fully saturated rings. The summed E-state index contributed by atoms with van der Waals surface area (Å²) in [6, 6.07) is 5.59. The van der Waals surface area contributed by atoms with Crippen molar-refractivity contribution in [3.63, 3.8) is 0 Å². The summed E-state index contributed by atoms with van der Waals surface area (Å²) in [7, 11) is 3.35. The molecule has 1 aromatic carbocycles. The standard InChI is InChI=1S/C17H20N2O3S/c1-5-9-22-14-8-7-12(10-15(14)21-4)16-18-13(11-23-16)17(20)19(3)6-2/h5,7-8,10-11H,1,6,9H2,2-4H3. The van der Waals surface area contributed by atoms with Crippen LogP contribution in [0.2, 0.25) is 0 Å². The number of amides is 1. The van der Waals surface area contributed by atoms with Crippen LogP contribution in [0.3, 0.4) is 0 Å². The molecule has 0 aliphatic heterocycles. The second-order valence-electron chi connectivity index (χ2n) is 4.82. The number of carbonyl (C=O) groups excluding carboxylic acids is 1. The van der Waals surface area contributed by atoms with Crippen LogP contribution in [0.5, 0.6) is 11.5 Å². The lowest BCUT2D eigenvalue weighted by Gasteiger charge is -2.12. The molecule has 0 N–H and O–H groups in total. The molecular formula is C17H20N2O3S. The molecular weight excluding hydrogens is 312 g/mol. The maximum Gasteiger partial charge on any atom is 0.273 e.